The lowest BCUT2D eigenvalue weighted by Gasteiger charge is -2.27. The Morgan fingerprint density at radius 1 is 1.04 bits per heavy atom. The summed E-state index contributed by atoms with van der Waals surface area (Å²) in [5, 5.41) is 0. The molecule has 144 valence electrons. The first-order valence-electron chi connectivity index (χ1n) is 8.97. The van der Waals surface area contributed by atoms with Crippen molar-refractivity contribution in [1.82, 2.24) is 4.90 Å². The average Bonchev–Trinajstić information content (AvgIpc) is 2.69. The van der Waals surface area contributed by atoms with Crippen LogP contribution in [0.3, 0.4) is 0 Å². The minimum absolute atomic E-state index is 0.00219. The van der Waals surface area contributed by atoms with Gasteiger partial charge < -0.3 is 9.64 Å². The van der Waals surface area contributed by atoms with Gasteiger partial charge in [0.15, 0.2) is 0 Å². The van der Waals surface area contributed by atoms with Crippen molar-refractivity contribution >= 4 is 21.6 Å². The Labute approximate surface area is 160 Å². The summed E-state index contributed by atoms with van der Waals surface area (Å²) in [6.07, 6.45) is 3.23. The van der Waals surface area contributed by atoms with E-state index < -0.39 is 10.0 Å². The van der Waals surface area contributed by atoms with Gasteiger partial charge in [0, 0.05) is 18.7 Å². The second-order valence-corrected chi connectivity index (χ2v) is 8.35. The third-order valence-corrected chi connectivity index (χ3v) is 6.11. The summed E-state index contributed by atoms with van der Waals surface area (Å²) in [4.78, 5) is 14.6. The molecule has 1 amide bonds. The van der Waals surface area contributed by atoms with E-state index in [0.717, 1.165) is 32.4 Å². The first-order chi connectivity index (χ1) is 12.9. The molecule has 0 bridgehead atoms. The molecular weight excluding hydrogens is 364 g/mol. The Kier molecular flexibility index (Phi) is 5.70. The molecule has 1 heterocycles. The smallest absolute Gasteiger partial charge is 0.261 e. The Bertz CT molecular complexity index is 917. The summed E-state index contributed by atoms with van der Waals surface area (Å²) in [5.74, 6) is 0.591. The van der Waals surface area contributed by atoms with E-state index in [1.165, 1.54) is 19.2 Å². The fraction of sp³-hybridized carbons (Fsp3) is 0.350. The van der Waals surface area contributed by atoms with Crippen LogP contribution in [0.15, 0.2) is 47.4 Å². The van der Waals surface area contributed by atoms with E-state index in [1.807, 2.05) is 4.90 Å². The van der Waals surface area contributed by atoms with Gasteiger partial charge in [0.05, 0.1) is 17.7 Å². The lowest BCUT2D eigenvalue weighted by atomic mass is 10.1. The quantitative estimate of drug-likeness (QED) is 0.851. The van der Waals surface area contributed by atoms with E-state index in [4.69, 9.17) is 4.74 Å². The van der Waals surface area contributed by atoms with E-state index in [2.05, 4.69) is 4.72 Å². The van der Waals surface area contributed by atoms with E-state index in [9.17, 15) is 13.2 Å². The van der Waals surface area contributed by atoms with E-state index in [1.54, 1.807) is 37.3 Å². The van der Waals surface area contributed by atoms with Crippen LogP contribution in [-0.2, 0) is 10.0 Å². The number of carbonyl (C=O) groups excluding carboxylic acids is 1. The zero-order valence-electron chi connectivity index (χ0n) is 15.6. The van der Waals surface area contributed by atoms with Gasteiger partial charge in [-0.3, -0.25) is 9.52 Å². The summed E-state index contributed by atoms with van der Waals surface area (Å²) in [7, 11) is -2.19. The minimum Gasteiger partial charge on any atom is -0.497 e. The SMILES string of the molecule is COc1ccc(S(=O)(=O)Nc2ccc(C(=O)N3CCCCC3)cc2C)cc1. The molecule has 0 aromatic heterocycles. The van der Waals surface area contributed by atoms with Gasteiger partial charge >= 0.3 is 0 Å². The van der Waals surface area contributed by atoms with Gasteiger partial charge in [0.1, 0.15) is 5.75 Å². The second kappa shape index (κ2) is 8.00. The molecule has 2 aromatic carbocycles. The van der Waals surface area contributed by atoms with E-state index in [-0.39, 0.29) is 10.8 Å². The van der Waals surface area contributed by atoms with Gasteiger partial charge in [-0.05, 0) is 74.2 Å². The molecule has 0 saturated carbocycles. The van der Waals surface area contributed by atoms with Crippen LogP contribution in [0.4, 0.5) is 5.69 Å². The van der Waals surface area contributed by atoms with Crippen LogP contribution in [-0.4, -0.2) is 39.4 Å². The molecule has 0 atom stereocenters. The van der Waals surface area contributed by atoms with Crippen LogP contribution < -0.4 is 9.46 Å². The first kappa shape index (κ1) is 19.2. The summed E-state index contributed by atoms with van der Waals surface area (Å²) in [6, 6.07) is 11.2. The molecule has 7 heteroatoms. The average molecular weight is 388 g/mol. The molecule has 27 heavy (non-hydrogen) atoms. The molecular formula is C20H24N2O4S. The number of benzene rings is 2. The highest BCUT2D eigenvalue weighted by atomic mass is 32.2. The molecule has 1 aliphatic heterocycles. The third-order valence-electron chi connectivity index (χ3n) is 4.73. The number of piperidine rings is 1. The minimum atomic E-state index is -3.72. The molecule has 1 saturated heterocycles. The number of anilines is 1. The number of hydrogen-bond acceptors (Lipinski definition) is 4. The Morgan fingerprint density at radius 3 is 2.30 bits per heavy atom. The fourth-order valence-corrected chi connectivity index (χ4v) is 4.28. The van der Waals surface area contributed by atoms with Crippen molar-refractivity contribution in [3.05, 3.63) is 53.6 Å². The Hall–Kier alpha value is -2.54. The fourth-order valence-electron chi connectivity index (χ4n) is 3.15. The second-order valence-electron chi connectivity index (χ2n) is 6.66. The number of likely N-dealkylation sites (tertiary alicyclic amines) is 1. The monoisotopic (exact) mass is 388 g/mol. The first-order valence-corrected chi connectivity index (χ1v) is 10.5. The Balaban J connectivity index is 1.77. The summed E-state index contributed by atoms with van der Waals surface area (Å²) >= 11 is 0. The molecule has 0 spiro atoms. The molecule has 1 fully saturated rings. The van der Waals surface area contributed by atoms with Crippen molar-refractivity contribution in [2.75, 3.05) is 24.9 Å². The topological polar surface area (TPSA) is 75.7 Å². The molecule has 3 rings (SSSR count). The number of nitrogens with zero attached hydrogens (tertiary/aromatic N) is 1. The molecule has 1 N–H and O–H groups in total. The Morgan fingerprint density at radius 2 is 1.70 bits per heavy atom. The van der Waals surface area contributed by atoms with Crippen molar-refractivity contribution < 1.29 is 17.9 Å². The van der Waals surface area contributed by atoms with Gasteiger partial charge in [-0.15, -0.1) is 0 Å². The molecule has 0 unspecified atom stereocenters. The maximum atomic E-state index is 12.6. The highest BCUT2D eigenvalue weighted by Crippen LogP contribution is 2.23. The van der Waals surface area contributed by atoms with Gasteiger partial charge in [-0.2, -0.15) is 0 Å². The summed E-state index contributed by atoms with van der Waals surface area (Å²) in [5.41, 5.74) is 1.75. The van der Waals surface area contributed by atoms with Gasteiger partial charge in [-0.25, -0.2) is 8.42 Å². The van der Waals surface area contributed by atoms with E-state index >= 15 is 0 Å². The number of sulfonamides is 1. The van der Waals surface area contributed by atoms with Crippen molar-refractivity contribution in [3.63, 3.8) is 0 Å². The zero-order chi connectivity index (χ0) is 19.4. The molecule has 0 aliphatic carbocycles. The molecule has 6 nitrogen and oxygen atoms in total. The van der Waals surface area contributed by atoms with Crippen molar-refractivity contribution in [2.24, 2.45) is 0 Å². The lowest BCUT2D eigenvalue weighted by Crippen LogP contribution is -2.35. The maximum absolute atomic E-state index is 12.6. The normalized spacial score (nSPS) is 14.7. The number of nitrogens with one attached hydrogen (secondary N) is 1. The van der Waals surface area contributed by atoms with Crippen LogP contribution in [0.2, 0.25) is 0 Å². The number of aryl methyl sites for hydroxylation is 1. The van der Waals surface area contributed by atoms with Crippen LogP contribution in [0, 0.1) is 6.92 Å². The summed E-state index contributed by atoms with van der Waals surface area (Å²) in [6.45, 7) is 3.35. The van der Waals surface area contributed by atoms with Crippen molar-refractivity contribution in [2.45, 2.75) is 31.1 Å². The van der Waals surface area contributed by atoms with Crippen molar-refractivity contribution in [1.29, 1.82) is 0 Å². The van der Waals surface area contributed by atoms with Gasteiger partial charge in [-0.1, -0.05) is 0 Å². The lowest BCUT2D eigenvalue weighted by molar-refractivity contribution is 0.0724. The van der Waals surface area contributed by atoms with Gasteiger partial charge in [0.2, 0.25) is 0 Å². The number of amides is 1. The van der Waals surface area contributed by atoms with Crippen LogP contribution in [0.1, 0.15) is 35.2 Å². The number of ether oxygens (including phenoxy) is 1. The van der Waals surface area contributed by atoms with Crippen LogP contribution in [0.25, 0.3) is 0 Å². The zero-order valence-corrected chi connectivity index (χ0v) is 16.4. The van der Waals surface area contributed by atoms with Crippen LogP contribution in [0.5, 0.6) is 5.75 Å². The molecule has 1 aliphatic rings. The number of hydrogen-bond donors (Lipinski definition) is 1. The largest absolute Gasteiger partial charge is 0.497 e. The predicted molar refractivity (Wildman–Crippen MR) is 105 cm³/mol. The van der Waals surface area contributed by atoms with Gasteiger partial charge in [0.25, 0.3) is 15.9 Å². The number of rotatable bonds is 5. The predicted octanol–water partition coefficient (Wildman–Crippen LogP) is 3.43. The van der Waals surface area contributed by atoms with Crippen LogP contribution >= 0.6 is 0 Å². The maximum Gasteiger partial charge on any atom is 0.261 e. The van der Waals surface area contributed by atoms with Crippen molar-refractivity contribution in [3.8, 4) is 5.75 Å². The molecule has 2 aromatic rings. The third kappa shape index (κ3) is 4.42. The number of methoxy groups -OCH3 is 1. The summed E-state index contributed by atoms with van der Waals surface area (Å²) < 4.78 is 32.8. The highest BCUT2D eigenvalue weighted by molar-refractivity contribution is 7.92. The number of carbonyl (C=O) groups is 1. The highest BCUT2D eigenvalue weighted by Gasteiger charge is 2.20. The molecule has 0 radical (unpaired) electrons. The standard InChI is InChI=1S/C20H24N2O4S/c1-15-14-16(20(23)22-12-4-3-5-13-22)6-11-19(15)21-27(24,25)18-9-7-17(26-2)8-10-18/h6-11,14,21H,3-5,12-13H2,1-2H3. The van der Waals surface area contributed by atoms with E-state index in [0.29, 0.717) is 22.6 Å².